The Morgan fingerprint density at radius 1 is 0.833 bits per heavy atom. The van der Waals surface area contributed by atoms with Gasteiger partial charge in [0.2, 0.25) is 0 Å². The van der Waals surface area contributed by atoms with Crippen LogP contribution in [-0.2, 0) is 9.47 Å². The van der Waals surface area contributed by atoms with Crippen molar-refractivity contribution in [2.24, 2.45) is 5.92 Å². The van der Waals surface area contributed by atoms with E-state index in [1.165, 1.54) is 32.1 Å². The molecule has 2 unspecified atom stereocenters. The zero-order valence-corrected chi connectivity index (χ0v) is 10.9. The normalized spacial score (nSPS) is 54.2. The molecule has 4 atom stereocenters. The predicted octanol–water partition coefficient (Wildman–Crippen LogP) is 1.89. The van der Waals surface area contributed by atoms with Crippen LogP contribution >= 0.6 is 0 Å². The van der Waals surface area contributed by atoms with Crippen molar-refractivity contribution in [1.82, 2.24) is 0 Å². The highest BCUT2D eigenvalue weighted by Crippen LogP contribution is 2.62. The first kappa shape index (κ1) is 12.9. The summed E-state index contributed by atoms with van der Waals surface area (Å²) in [5.74, 6) is -0.871. The van der Waals surface area contributed by atoms with Crippen molar-refractivity contribution in [1.29, 1.82) is 0 Å². The van der Waals surface area contributed by atoms with Crippen LogP contribution in [0.15, 0.2) is 0 Å². The molecular formula is C14H24O4. The minimum atomic E-state index is -0.975. The molecule has 4 heteroatoms. The number of hydrogen-bond acceptors (Lipinski definition) is 3. The van der Waals surface area contributed by atoms with Crippen LogP contribution in [-0.4, -0.2) is 27.8 Å². The van der Waals surface area contributed by atoms with Crippen LogP contribution in [0.25, 0.3) is 0 Å². The van der Waals surface area contributed by atoms with Gasteiger partial charge in [-0.3, -0.25) is 0 Å². The summed E-state index contributed by atoms with van der Waals surface area (Å²) in [5.41, 5.74) is -0.362. The summed E-state index contributed by atoms with van der Waals surface area (Å²) < 4.78 is 12.6. The summed E-state index contributed by atoms with van der Waals surface area (Å²) in [5, 5.41) is 10.9. The first-order chi connectivity index (χ1) is 8.18. The number of ether oxygens (including phenoxy) is 2. The van der Waals surface area contributed by atoms with Crippen molar-refractivity contribution in [3.8, 4) is 0 Å². The molecule has 0 radical (unpaired) electrons. The maximum Gasteiger partial charge on any atom is 0.198 e. The fourth-order valence-corrected chi connectivity index (χ4v) is 4.71. The lowest BCUT2D eigenvalue weighted by Crippen LogP contribution is -2.55. The largest absolute Gasteiger partial charge is 0.412 e. The lowest BCUT2D eigenvalue weighted by Gasteiger charge is -2.47. The second kappa shape index (κ2) is 3.92. The number of hydrogen-bond donors (Lipinski definition) is 1. The molecule has 4 nitrogen and oxygen atoms in total. The fourth-order valence-electron chi connectivity index (χ4n) is 4.71. The summed E-state index contributed by atoms with van der Waals surface area (Å²) in [4.78, 5) is 0. The summed E-state index contributed by atoms with van der Waals surface area (Å²) in [7, 11) is 0. The van der Waals surface area contributed by atoms with Crippen LogP contribution in [0.3, 0.4) is 0 Å². The Hall–Kier alpha value is -0.160. The van der Waals surface area contributed by atoms with Crippen molar-refractivity contribution in [3.05, 3.63) is 0 Å². The highest BCUT2D eigenvalue weighted by atomic mass is 16.8. The van der Waals surface area contributed by atoms with Crippen molar-refractivity contribution in [3.63, 3.8) is 0 Å². The van der Waals surface area contributed by atoms with Gasteiger partial charge in [0.15, 0.2) is 11.6 Å². The maximum absolute atomic E-state index is 10.9. The Kier molecular flexibility index (Phi) is 2.80. The van der Waals surface area contributed by atoms with E-state index in [1.54, 1.807) is 0 Å². The molecule has 2 heterocycles. The van der Waals surface area contributed by atoms with E-state index in [0.717, 1.165) is 32.1 Å². The van der Waals surface area contributed by atoms with Crippen molar-refractivity contribution >= 4 is 0 Å². The highest BCUT2D eigenvalue weighted by Gasteiger charge is 2.70. The molecule has 2 saturated heterocycles. The molecule has 4 fully saturated rings. The second-order valence-electron chi connectivity index (χ2n) is 6.48. The lowest BCUT2D eigenvalue weighted by atomic mass is 9.71. The highest BCUT2D eigenvalue weighted by molar-refractivity contribution is 5.10. The molecule has 4 rings (SSSR count). The van der Waals surface area contributed by atoms with Gasteiger partial charge < -0.3 is 20.1 Å². The van der Waals surface area contributed by atoms with Gasteiger partial charge in [-0.25, -0.2) is 0 Å². The monoisotopic (exact) mass is 256 g/mol. The standard InChI is InChI=1S/C14H22O3.H2O/c15-14-9-4-3-7-12(14)10-6-11-5-1-2-8-13(11,16-12)17-14;/h11,15H,1-10H2;1H2/t11?,12-,13-,14?;/m0./s1. The van der Waals surface area contributed by atoms with E-state index < -0.39 is 11.6 Å². The number of rotatable bonds is 0. The van der Waals surface area contributed by atoms with E-state index in [4.69, 9.17) is 9.47 Å². The van der Waals surface area contributed by atoms with Gasteiger partial charge >= 0.3 is 0 Å². The van der Waals surface area contributed by atoms with Crippen molar-refractivity contribution < 1.29 is 20.1 Å². The third-order valence-electron chi connectivity index (χ3n) is 5.61. The molecule has 2 spiro atoms. The van der Waals surface area contributed by atoms with Gasteiger partial charge in [-0.1, -0.05) is 12.8 Å². The van der Waals surface area contributed by atoms with E-state index >= 15 is 0 Å². The predicted molar refractivity (Wildman–Crippen MR) is 65.9 cm³/mol. The summed E-state index contributed by atoms with van der Waals surface area (Å²) in [6.07, 6.45) is 10.9. The molecule has 2 aliphatic heterocycles. The quantitative estimate of drug-likeness (QED) is 0.719. The van der Waals surface area contributed by atoms with Crippen LogP contribution in [0.1, 0.15) is 64.2 Å². The topological polar surface area (TPSA) is 70.2 Å². The van der Waals surface area contributed by atoms with E-state index in [1.807, 2.05) is 0 Å². The Morgan fingerprint density at radius 3 is 2.50 bits per heavy atom. The Balaban J connectivity index is 0.000001000. The van der Waals surface area contributed by atoms with Gasteiger partial charge in [0.25, 0.3) is 0 Å². The molecule has 2 saturated carbocycles. The lowest BCUT2D eigenvalue weighted by molar-refractivity contribution is -0.280. The first-order valence-electron chi connectivity index (χ1n) is 7.31. The van der Waals surface area contributed by atoms with E-state index in [-0.39, 0.29) is 11.1 Å². The number of aliphatic hydroxyl groups is 1. The van der Waals surface area contributed by atoms with Crippen LogP contribution in [0.5, 0.6) is 0 Å². The molecule has 2 aliphatic carbocycles. The van der Waals surface area contributed by atoms with E-state index in [2.05, 4.69) is 0 Å². The molecule has 0 aromatic rings. The third kappa shape index (κ3) is 1.40. The molecule has 104 valence electrons. The molecule has 0 amide bonds. The summed E-state index contributed by atoms with van der Waals surface area (Å²) >= 11 is 0. The average molecular weight is 256 g/mol. The minimum absolute atomic E-state index is 0. The molecule has 18 heavy (non-hydrogen) atoms. The van der Waals surface area contributed by atoms with Crippen LogP contribution < -0.4 is 0 Å². The maximum atomic E-state index is 10.9. The Labute approximate surface area is 108 Å². The van der Waals surface area contributed by atoms with Gasteiger partial charge in [0.05, 0.1) is 0 Å². The van der Waals surface area contributed by atoms with Crippen molar-refractivity contribution in [2.45, 2.75) is 81.4 Å². The molecule has 0 aromatic heterocycles. The average Bonchev–Trinajstić information content (AvgIpc) is 2.52. The third-order valence-corrected chi connectivity index (χ3v) is 5.61. The summed E-state index contributed by atoms with van der Waals surface area (Å²) in [6, 6.07) is 0. The van der Waals surface area contributed by atoms with Gasteiger partial charge in [-0.2, -0.15) is 0 Å². The minimum Gasteiger partial charge on any atom is -0.412 e. The molecular weight excluding hydrogens is 232 g/mol. The molecule has 4 aliphatic rings. The van der Waals surface area contributed by atoms with E-state index in [9.17, 15) is 5.11 Å². The van der Waals surface area contributed by atoms with Gasteiger partial charge in [0.1, 0.15) is 5.60 Å². The van der Waals surface area contributed by atoms with Gasteiger partial charge in [-0.05, 0) is 38.5 Å². The van der Waals surface area contributed by atoms with Crippen LogP contribution in [0, 0.1) is 5.92 Å². The smallest absolute Gasteiger partial charge is 0.198 e. The SMILES string of the molecule is O.OC12CCCC[C@]13CCC1CCCC[C@@]1(O2)O3. The second-order valence-corrected chi connectivity index (χ2v) is 6.48. The Bertz CT molecular complexity index is 343. The van der Waals surface area contributed by atoms with Crippen LogP contribution in [0.4, 0.5) is 0 Å². The zero-order chi connectivity index (χ0) is 11.6. The Morgan fingerprint density at radius 2 is 1.61 bits per heavy atom. The molecule has 3 N–H and O–H groups in total. The van der Waals surface area contributed by atoms with E-state index in [0.29, 0.717) is 5.92 Å². The fraction of sp³-hybridized carbons (Fsp3) is 1.00. The van der Waals surface area contributed by atoms with Gasteiger partial charge in [-0.15, -0.1) is 0 Å². The summed E-state index contributed by atoms with van der Waals surface area (Å²) in [6.45, 7) is 0. The molecule has 2 bridgehead atoms. The first-order valence-corrected chi connectivity index (χ1v) is 7.31. The van der Waals surface area contributed by atoms with Gasteiger partial charge in [0, 0.05) is 18.8 Å². The van der Waals surface area contributed by atoms with Crippen LogP contribution in [0.2, 0.25) is 0 Å². The van der Waals surface area contributed by atoms with Crippen molar-refractivity contribution in [2.75, 3.05) is 0 Å². The zero-order valence-electron chi connectivity index (χ0n) is 10.9. The molecule has 0 aromatic carbocycles.